The van der Waals surface area contributed by atoms with Gasteiger partial charge in [-0.2, -0.15) is 0 Å². The monoisotopic (exact) mass is 299 g/mol. The number of carboxylic acids is 1. The van der Waals surface area contributed by atoms with Gasteiger partial charge in [-0.1, -0.05) is 29.8 Å². The van der Waals surface area contributed by atoms with Crippen LogP contribution < -0.4 is 5.43 Å². The molecule has 0 aliphatic heterocycles. The summed E-state index contributed by atoms with van der Waals surface area (Å²) in [5, 5.41) is 10.1. The maximum Gasteiger partial charge on any atom is 0.337 e. The van der Waals surface area contributed by atoms with Gasteiger partial charge in [-0.3, -0.25) is 4.79 Å². The van der Waals surface area contributed by atoms with Gasteiger partial charge in [0.05, 0.1) is 11.1 Å². The number of pyridine rings is 1. The standard InChI is InChI=1S/C16H10ClNO3/c17-10-4-1-3-9(7-10)13-8-14(19)11-5-2-6-12(16(20)21)15(11)18-13/h1-8H,(H,18,19)(H,20,21). The van der Waals surface area contributed by atoms with Crippen LogP contribution in [0.2, 0.25) is 5.02 Å². The van der Waals surface area contributed by atoms with Crippen molar-refractivity contribution in [3.63, 3.8) is 0 Å². The van der Waals surface area contributed by atoms with E-state index in [2.05, 4.69) is 4.98 Å². The highest BCUT2D eigenvalue weighted by Crippen LogP contribution is 2.23. The number of aromatic carboxylic acids is 1. The highest BCUT2D eigenvalue weighted by atomic mass is 35.5. The van der Waals surface area contributed by atoms with Crippen LogP contribution >= 0.6 is 11.6 Å². The number of nitrogens with one attached hydrogen (secondary N) is 1. The van der Waals surface area contributed by atoms with Crippen molar-refractivity contribution in [3.05, 3.63) is 69.3 Å². The van der Waals surface area contributed by atoms with Gasteiger partial charge in [-0.05, 0) is 29.8 Å². The summed E-state index contributed by atoms with van der Waals surface area (Å²) in [4.78, 5) is 26.5. The number of hydrogen-bond acceptors (Lipinski definition) is 2. The molecule has 1 heterocycles. The number of carbonyl (C=O) groups is 1. The number of aromatic amines is 1. The second-order valence-corrected chi connectivity index (χ2v) is 5.03. The fourth-order valence-electron chi connectivity index (χ4n) is 2.26. The lowest BCUT2D eigenvalue weighted by molar-refractivity contribution is 0.0699. The number of fused-ring (bicyclic) bond motifs is 1. The smallest absolute Gasteiger partial charge is 0.337 e. The summed E-state index contributed by atoms with van der Waals surface area (Å²) in [7, 11) is 0. The van der Waals surface area contributed by atoms with E-state index in [-0.39, 0.29) is 11.0 Å². The number of halogens is 1. The number of aromatic nitrogens is 1. The predicted octanol–water partition coefficient (Wildman–Crippen LogP) is 3.55. The summed E-state index contributed by atoms with van der Waals surface area (Å²) in [5.74, 6) is -1.08. The first kappa shape index (κ1) is 13.4. The Labute approximate surface area is 124 Å². The van der Waals surface area contributed by atoms with Crippen molar-refractivity contribution in [3.8, 4) is 11.3 Å². The van der Waals surface area contributed by atoms with E-state index in [0.717, 1.165) is 5.56 Å². The maximum absolute atomic E-state index is 12.2. The molecule has 0 saturated carbocycles. The first-order valence-corrected chi connectivity index (χ1v) is 6.59. The molecule has 0 amide bonds. The minimum Gasteiger partial charge on any atom is -0.478 e. The predicted molar refractivity (Wildman–Crippen MR) is 82.0 cm³/mol. The Morgan fingerprint density at radius 2 is 1.86 bits per heavy atom. The van der Waals surface area contributed by atoms with Crippen LogP contribution in [-0.2, 0) is 0 Å². The molecule has 21 heavy (non-hydrogen) atoms. The molecule has 0 bridgehead atoms. The van der Waals surface area contributed by atoms with Crippen molar-refractivity contribution in [1.82, 2.24) is 4.98 Å². The lowest BCUT2D eigenvalue weighted by Crippen LogP contribution is -2.07. The van der Waals surface area contributed by atoms with Gasteiger partial charge >= 0.3 is 5.97 Å². The molecule has 104 valence electrons. The van der Waals surface area contributed by atoms with Crippen LogP contribution in [-0.4, -0.2) is 16.1 Å². The summed E-state index contributed by atoms with van der Waals surface area (Å²) >= 11 is 5.95. The Hall–Kier alpha value is -2.59. The van der Waals surface area contributed by atoms with Crippen molar-refractivity contribution in [2.24, 2.45) is 0 Å². The Balaban J connectivity index is 2.34. The second-order valence-electron chi connectivity index (χ2n) is 4.59. The molecule has 0 aliphatic rings. The topological polar surface area (TPSA) is 70.2 Å². The fraction of sp³-hybridized carbons (Fsp3) is 0. The van der Waals surface area contributed by atoms with E-state index in [4.69, 9.17) is 11.6 Å². The van der Waals surface area contributed by atoms with Gasteiger partial charge in [0.15, 0.2) is 5.43 Å². The van der Waals surface area contributed by atoms with Gasteiger partial charge in [-0.15, -0.1) is 0 Å². The number of benzene rings is 2. The van der Waals surface area contributed by atoms with E-state index in [1.54, 1.807) is 36.4 Å². The van der Waals surface area contributed by atoms with Gasteiger partial charge in [-0.25, -0.2) is 4.79 Å². The Bertz CT molecular complexity index is 915. The molecule has 2 N–H and O–H groups in total. The third-order valence-corrected chi connectivity index (χ3v) is 3.47. The molecule has 3 aromatic rings. The van der Waals surface area contributed by atoms with Crippen molar-refractivity contribution >= 4 is 28.5 Å². The normalized spacial score (nSPS) is 10.7. The van der Waals surface area contributed by atoms with Gasteiger partial charge < -0.3 is 10.1 Å². The molecule has 0 saturated heterocycles. The molecule has 0 radical (unpaired) electrons. The zero-order valence-corrected chi connectivity index (χ0v) is 11.5. The number of rotatable bonds is 2. The molecule has 0 aliphatic carbocycles. The zero-order chi connectivity index (χ0) is 15.0. The van der Waals surface area contributed by atoms with E-state index in [9.17, 15) is 14.7 Å². The minimum absolute atomic E-state index is 0.0634. The van der Waals surface area contributed by atoms with E-state index in [1.165, 1.54) is 12.1 Å². The van der Waals surface area contributed by atoms with Crippen LogP contribution in [0.25, 0.3) is 22.2 Å². The molecule has 4 nitrogen and oxygen atoms in total. The maximum atomic E-state index is 12.2. The number of para-hydroxylation sites is 1. The Morgan fingerprint density at radius 1 is 1.10 bits per heavy atom. The summed E-state index contributed by atoms with van der Waals surface area (Å²) in [6.07, 6.45) is 0. The van der Waals surface area contributed by atoms with Crippen molar-refractivity contribution < 1.29 is 9.90 Å². The molecule has 0 atom stereocenters. The summed E-state index contributed by atoms with van der Waals surface area (Å²) in [5.41, 5.74) is 1.40. The molecule has 3 rings (SSSR count). The highest BCUT2D eigenvalue weighted by molar-refractivity contribution is 6.30. The molecule has 0 unspecified atom stereocenters. The third kappa shape index (κ3) is 2.41. The minimum atomic E-state index is -1.08. The van der Waals surface area contributed by atoms with Crippen LogP contribution in [0.5, 0.6) is 0 Å². The van der Waals surface area contributed by atoms with Gasteiger partial charge in [0.2, 0.25) is 0 Å². The molecular formula is C16H10ClNO3. The first-order chi connectivity index (χ1) is 10.1. The summed E-state index contributed by atoms with van der Waals surface area (Å²) in [6.45, 7) is 0. The third-order valence-electron chi connectivity index (χ3n) is 3.23. The van der Waals surface area contributed by atoms with E-state index in [1.807, 2.05) is 0 Å². The second kappa shape index (κ2) is 5.07. The molecule has 2 aromatic carbocycles. The van der Waals surface area contributed by atoms with E-state index < -0.39 is 5.97 Å². The number of hydrogen-bond donors (Lipinski definition) is 2. The van der Waals surface area contributed by atoms with Gasteiger partial charge in [0.25, 0.3) is 0 Å². The van der Waals surface area contributed by atoms with Gasteiger partial charge in [0.1, 0.15) is 0 Å². The Kier molecular flexibility index (Phi) is 3.23. The summed E-state index contributed by atoms with van der Waals surface area (Å²) < 4.78 is 0. The average Bonchev–Trinajstić information content (AvgIpc) is 2.46. The zero-order valence-electron chi connectivity index (χ0n) is 10.8. The largest absolute Gasteiger partial charge is 0.478 e. The molecule has 1 aromatic heterocycles. The summed E-state index contributed by atoms with van der Waals surface area (Å²) in [6, 6.07) is 13.1. The number of carboxylic acid groups (broad SMARTS) is 1. The average molecular weight is 300 g/mol. The lowest BCUT2D eigenvalue weighted by atomic mass is 10.1. The number of H-pyrrole nitrogens is 1. The van der Waals surface area contributed by atoms with Crippen LogP contribution in [0.3, 0.4) is 0 Å². The quantitative estimate of drug-likeness (QED) is 0.760. The molecule has 0 fully saturated rings. The van der Waals surface area contributed by atoms with Crippen molar-refractivity contribution in [2.45, 2.75) is 0 Å². The highest BCUT2D eigenvalue weighted by Gasteiger charge is 2.12. The van der Waals surface area contributed by atoms with Crippen LogP contribution in [0.15, 0.2) is 53.3 Å². The van der Waals surface area contributed by atoms with E-state index in [0.29, 0.717) is 21.6 Å². The van der Waals surface area contributed by atoms with Crippen molar-refractivity contribution in [2.75, 3.05) is 0 Å². The molecule has 0 spiro atoms. The molecular weight excluding hydrogens is 290 g/mol. The van der Waals surface area contributed by atoms with Gasteiger partial charge in [0, 0.05) is 22.2 Å². The van der Waals surface area contributed by atoms with Crippen molar-refractivity contribution in [1.29, 1.82) is 0 Å². The van der Waals surface area contributed by atoms with Crippen LogP contribution in [0, 0.1) is 0 Å². The van der Waals surface area contributed by atoms with Crippen LogP contribution in [0.4, 0.5) is 0 Å². The molecule has 5 heteroatoms. The first-order valence-electron chi connectivity index (χ1n) is 6.21. The van der Waals surface area contributed by atoms with Crippen LogP contribution in [0.1, 0.15) is 10.4 Å². The van der Waals surface area contributed by atoms with E-state index >= 15 is 0 Å². The Morgan fingerprint density at radius 3 is 2.57 bits per heavy atom. The fourth-order valence-corrected chi connectivity index (χ4v) is 2.45. The lowest BCUT2D eigenvalue weighted by Gasteiger charge is -2.07. The SMILES string of the molecule is O=C(O)c1cccc2c(=O)cc(-c3cccc(Cl)c3)[nH]c12.